The normalized spacial score (nSPS) is 22.5. The molecule has 2 saturated heterocycles. The standard InChI is InChI=1S/C19H29N3O3S/c1-13-11-14(2)18(15(3)12-13)26(24,25)22-10-4-5-17(22)19(23)21-16-6-8-20-9-7-16/h11-12,16-17,20H,4-10H2,1-3H3,(H,21,23). The molecule has 0 radical (unpaired) electrons. The molecule has 0 bridgehead atoms. The number of carbonyl (C=O) groups excluding carboxylic acids is 1. The summed E-state index contributed by atoms with van der Waals surface area (Å²) in [4.78, 5) is 13.1. The molecule has 1 aromatic rings. The van der Waals surface area contributed by atoms with Crippen LogP contribution < -0.4 is 10.6 Å². The number of sulfonamides is 1. The Morgan fingerprint density at radius 2 is 1.73 bits per heavy atom. The van der Waals surface area contributed by atoms with E-state index < -0.39 is 16.1 Å². The second-order valence-corrected chi connectivity index (χ2v) is 9.36. The monoisotopic (exact) mass is 379 g/mol. The molecule has 1 atom stereocenters. The predicted octanol–water partition coefficient (Wildman–Crippen LogP) is 1.63. The highest BCUT2D eigenvalue weighted by Gasteiger charge is 2.41. The molecular weight excluding hydrogens is 350 g/mol. The van der Waals surface area contributed by atoms with Crippen LogP contribution in [0.3, 0.4) is 0 Å². The first-order chi connectivity index (χ1) is 12.3. The highest BCUT2D eigenvalue weighted by molar-refractivity contribution is 7.89. The lowest BCUT2D eigenvalue weighted by atomic mass is 10.1. The number of hydrogen-bond acceptors (Lipinski definition) is 4. The Balaban J connectivity index is 1.83. The smallest absolute Gasteiger partial charge is 0.244 e. The third-order valence-electron chi connectivity index (χ3n) is 5.36. The first-order valence-electron chi connectivity index (χ1n) is 9.41. The predicted molar refractivity (Wildman–Crippen MR) is 102 cm³/mol. The lowest BCUT2D eigenvalue weighted by Gasteiger charge is -2.29. The number of hydrogen-bond donors (Lipinski definition) is 2. The van der Waals surface area contributed by atoms with Gasteiger partial charge in [-0.3, -0.25) is 4.79 Å². The molecule has 1 unspecified atom stereocenters. The average molecular weight is 380 g/mol. The molecule has 6 nitrogen and oxygen atoms in total. The van der Waals surface area contributed by atoms with Gasteiger partial charge >= 0.3 is 0 Å². The summed E-state index contributed by atoms with van der Waals surface area (Å²) in [6, 6.07) is 3.31. The molecule has 2 fully saturated rings. The van der Waals surface area contributed by atoms with Crippen molar-refractivity contribution in [3.63, 3.8) is 0 Å². The molecule has 0 saturated carbocycles. The number of carbonyl (C=O) groups is 1. The minimum atomic E-state index is -3.69. The van der Waals surface area contributed by atoms with Gasteiger partial charge in [0.1, 0.15) is 6.04 Å². The molecule has 0 aliphatic carbocycles. The number of benzene rings is 1. The summed E-state index contributed by atoms with van der Waals surface area (Å²) < 4.78 is 28.1. The van der Waals surface area contributed by atoms with Crippen molar-refractivity contribution < 1.29 is 13.2 Å². The van der Waals surface area contributed by atoms with Crippen LogP contribution in [0.25, 0.3) is 0 Å². The molecule has 3 rings (SSSR count). The van der Waals surface area contributed by atoms with Gasteiger partial charge in [-0.1, -0.05) is 17.7 Å². The van der Waals surface area contributed by atoms with Crippen molar-refractivity contribution in [3.8, 4) is 0 Å². The van der Waals surface area contributed by atoms with E-state index in [1.54, 1.807) is 0 Å². The molecule has 0 spiro atoms. The zero-order valence-electron chi connectivity index (χ0n) is 15.8. The molecule has 2 heterocycles. The number of rotatable bonds is 4. The van der Waals surface area contributed by atoms with Crippen LogP contribution in [-0.2, 0) is 14.8 Å². The zero-order chi connectivity index (χ0) is 18.9. The fourth-order valence-corrected chi connectivity index (χ4v) is 6.32. The van der Waals surface area contributed by atoms with E-state index in [1.807, 2.05) is 32.9 Å². The first kappa shape index (κ1) is 19.3. The number of amides is 1. The fourth-order valence-electron chi connectivity index (χ4n) is 4.24. The number of aryl methyl sites for hydroxylation is 3. The number of nitrogens with zero attached hydrogens (tertiary/aromatic N) is 1. The largest absolute Gasteiger partial charge is 0.352 e. The summed E-state index contributed by atoms with van der Waals surface area (Å²) in [6.45, 7) is 7.79. The molecule has 144 valence electrons. The number of nitrogens with one attached hydrogen (secondary N) is 2. The van der Waals surface area contributed by atoms with Gasteiger partial charge in [0, 0.05) is 12.6 Å². The minimum absolute atomic E-state index is 0.136. The summed E-state index contributed by atoms with van der Waals surface area (Å²) in [5.41, 5.74) is 2.53. The second-order valence-electron chi connectivity index (χ2n) is 7.53. The van der Waals surface area contributed by atoms with Gasteiger partial charge < -0.3 is 10.6 Å². The van der Waals surface area contributed by atoms with Crippen molar-refractivity contribution in [2.45, 2.75) is 63.4 Å². The third-order valence-corrected chi connectivity index (χ3v) is 7.58. The maximum Gasteiger partial charge on any atom is 0.244 e. The van der Waals surface area contributed by atoms with E-state index >= 15 is 0 Å². The summed E-state index contributed by atoms with van der Waals surface area (Å²) in [6.07, 6.45) is 3.08. The van der Waals surface area contributed by atoms with Crippen LogP contribution in [0.1, 0.15) is 42.4 Å². The van der Waals surface area contributed by atoms with Gasteiger partial charge in [0.15, 0.2) is 0 Å². The van der Waals surface area contributed by atoms with E-state index in [0.717, 1.165) is 42.6 Å². The van der Waals surface area contributed by atoms with Crippen LogP contribution in [0, 0.1) is 20.8 Å². The third kappa shape index (κ3) is 3.80. The SMILES string of the molecule is Cc1cc(C)c(S(=O)(=O)N2CCCC2C(=O)NC2CCNCC2)c(C)c1. The van der Waals surface area contributed by atoms with Gasteiger partial charge in [-0.2, -0.15) is 4.31 Å². The Hall–Kier alpha value is -1.44. The Kier molecular flexibility index (Phi) is 5.69. The van der Waals surface area contributed by atoms with E-state index in [-0.39, 0.29) is 11.9 Å². The molecule has 2 aliphatic rings. The summed E-state index contributed by atoms with van der Waals surface area (Å²) >= 11 is 0. The Bertz CT molecular complexity index is 762. The van der Waals surface area contributed by atoms with E-state index in [9.17, 15) is 13.2 Å². The van der Waals surface area contributed by atoms with E-state index in [0.29, 0.717) is 24.3 Å². The van der Waals surface area contributed by atoms with E-state index in [1.165, 1.54) is 4.31 Å². The molecule has 26 heavy (non-hydrogen) atoms. The maximum absolute atomic E-state index is 13.3. The zero-order valence-corrected chi connectivity index (χ0v) is 16.7. The van der Waals surface area contributed by atoms with Gasteiger partial charge in [0.25, 0.3) is 0 Å². The van der Waals surface area contributed by atoms with Crippen LogP contribution in [0.4, 0.5) is 0 Å². The van der Waals surface area contributed by atoms with Crippen LogP contribution in [0.15, 0.2) is 17.0 Å². The van der Waals surface area contributed by atoms with E-state index in [2.05, 4.69) is 10.6 Å². The highest BCUT2D eigenvalue weighted by atomic mass is 32.2. The van der Waals surface area contributed by atoms with E-state index in [4.69, 9.17) is 0 Å². The Morgan fingerprint density at radius 3 is 2.35 bits per heavy atom. The van der Waals surface area contributed by atoms with Gasteiger partial charge in [-0.05, 0) is 70.7 Å². The number of piperidine rings is 1. The lowest BCUT2D eigenvalue weighted by Crippen LogP contribution is -2.51. The fraction of sp³-hybridized carbons (Fsp3) is 0.632. The summed E-state index contributed by atoms with van der Waals surface area (Å²) in [5.74, 6) is -0.152. The van der Waals surface area contributed by atoms with Gasteiger partial charge in [0.2, 0.25) is 15.9 Å². The molecule has 7 heteroatoms. The van der Waals surface area contributed by atoms with Gasteiger partial charge in [-0.15, -0.1) is 0 Å². The Labute approximate surface area is 156 Å². The first-order valence-corrected chi connectivity index (χ1v) is 10.9. The molecule has 1 amide bonds. The molecule has 2 aliphatic heterocycles. The topological polar surface area (TPSA) is 78.5 Å². The summed E-state index contributed by atoms with van der Waals surface area (Å²) in [7, 11) is -3.69. The molecule has 0 aromatic heterocycles. The summed E-state index contributed by atoms with van der Waals surface area (Å²) in [5, 5.41) is 6.34. The van der Waals surface area contributed by atoms with Crippen molar-refractivity contribution in [3.05, 3.63) is 28.8 Å². The Morgan fingerprint density at radius 1 is 1.12 bits per heavy atom. The minimum Gasteiger partial charge on any atom is -0.352 e. The van der Waals surface area contributed by atoms with Gasteiger partial charge in [0.05, 0.1) is 4.90 Å². The molecule has 2 N–H and O–H groups in total. The van der Waals surface area contributed by atoms with Crippen LogP contribution in [0.2, 0.25) is 0 Å². The molecular formula is C19H29N3O3S. The molecule has 1 aromatic carbocycles. The second kappa shape index (κ2) is 7.66. The average Bonchev–Trinajstić information content (AvgIpc) is 3.05. The maximum atomic E-state index is 13.3. The van der Waals surface area contributed by atoms with Crippen LogP contribution >= 0.6 is 0 Å². The van der Waals surface area contributed by atoms with Crippen molar-refractivity contribution in [1.29, 1.82) is 0 Å². The van der Waals surface area contributed by atoms with Crippen molar-refractivity contribution in [1.82, 2.24) is 14.9 Å². The quantitative estimate of drug-likeness (QED) is 0.834. The van der Waals surface area contributed by atoms with Crippen molar-refractivity contribution >= 4 is 15.9 Å². The van der Waals surface area contributed by atoms with Crippen LogP contribution in [-0.4, -0.2) is 50.3 Å². The van der Waals surface area contributed by atoms with Crippen molar-refractivity contribution in [2.75, 3.05) is 19.6 Å². The lowest BCUT2D eigenvalue weighted by molar-refractivity contribution is -0.125. The highest BCUT2D eigenvalue weighted by Crippen LogP contribution is 2.30. The van der Waals surface area contributed by atoms with Gasteiger partial charge in [-0.25, -0.2) is 8.42 Å². The van der Waals surface area contributed by atoms with Crippen molar-refractivity contribution in [2.24, 2.45) is 0 Å². The van der Waals surface area contributed by atoms with Crippen LogP contribution in [0.5, 0.6) is 0 Å².